The summed E-state index contributed by atoms with van der Waals surface area (Å²) in [5.74, 6) is 11.5. The number of hydrogen-bond acceptors (Lipinski definition) is 8. The van der Waals surface area contributed by atoms with Gasteiger partial charge in [-0.1, -0.05) is 18.2 Å². The quantitative estimate of drug-likeness (QED) is 0.281. The Morgan fingerprint density at radius 3 is 2.63 bits per heavy atom. The van der Waals surface area contributed by atoms with Gasteiger partial charge in [0.25, 0.3) is 0 Å². The van der Waals surface area contributed by atoms with Crippen LogP contribution in [0.5, 0.6) is 6.01 Å². The first-order valence-electron chi connectivity index (χ1n) is 7.84. The summed E-state index contributed by atoms with van der Waals surface area (Å²) >= 11 is 0. The minimum atomic E-state index is -3.41. The number of nitrogens with zero attached hydrogens (tertiary/aromatic N) is 5. The lowest BCUT2D eigenvalue weighted by atomic mass is 10.3. The maximum absolute atomic E-state index is 11.7. The van der Waals surface area contributed by atoms with Gasteiger partial charge in [0.1, 0.15) is 6.61 Å². The van der Waals surface area contributed by atoms with Crippen LogP contribution < -0.4 is 16.4 Å². The molecule has 0 aliphatic heterocycles. The van der Waals surface area contributed by atoms with Gasteiger partial charge in [0.2, 0.25) is 5.96 Å². The zero-order valence-electron chi connectivity index (χ0n) is 14.8. The Labute approximate surface area is 156 Å². The van der Waals surface area contributed by atoms with Crippen molar-refractivity contribution in [1.82, 2.24) is 19.5 Å². The Bertz CT molecular complexity index is 1110. The average molecular weight is 389 g/mol. The number of hydrazone groups is 1. The van der Waals surface area contributed by atoms with Crippen molar-refractivity contribution in [2.75, 3.05) is 13.3 Å². The molecule has 4 N–H and O–H groups in total. The van der Waals surface area contributed by atoms with E-state index >= 15 is 0 Å². The van der Waals surface area contributed by atoms with Gasteiger partial charge in [0, 0.05) is 13.3 Å². The van der Waals surface area contributed by atoms with Crippen LogP contribution in [0.1, 0.15) is 5.69 Å². The molecule has 0 saturated carbocycles. The number of nitrogens with two attached hydrogens (primary N) is 2. The third kappa shape index (κ3) is 3.83. The van der Waals surface area contributed by atoms with Gasteiger partial charge in [-0.15, -0.1) is 5.10 Å². The number of hydrogen-bond donors (Lipinski definition) is 2. The van der Waals surface area contributed by atoms with Crippen molar-refractivity contribution < 1.29 is 13.2 Å². The summed E-state index contributed by atoms with van der Waals surface area (Å²) in [6, 6.07) is 12.2. The summed E-state index contributed by atoms with van der Waals surface area (Å²) in [7, 11) is -1.83. The van der Waals surface area contributed by atoms with E-state index in [4.69, 9.17) is 16.4 Å². The average Bonchev–Trinajstić information content (AvgIpc) is 2.98. The van der Waals surface area contributed by atoms with Crippen molar-refractivity contribution in [3.8, 4) is 6.01 Å². The molecule has 0 spiro atoms. The number of para-hydroxylation sites is 2. The minimum absolute atomic E-state index is 0.00117. The van der Waals surface area contributed by atoms with Crippen molar-refractivity contribution in [2.24, 2.45) is 16.8 Å². The van der Waals surface area contributed by atoms with Crippen LogP contribution in [0.4, 0.5) is 0 Å². The van der Waals surface area contributed by atoms with Crippen LogP contribution in [-0.4, -0.2) is 47.2 Å². The number of imidazole rings is 1. The summed E-state index contributed by atoms with van der Waals surface area (Å²) in [4.78, 5) is 8.53. The lowest BCUT2D eigenvalue weighted by molar-refractivity contribution is 0.272. The van der Waals surface area contributed by atoms with Crippen molar-refractivity contribution in [3.05, 3.63) is 48.2 Å². The first-order valence-corrected chi connectivity index (χ1v) is 9.73. The molecular weight excluding hydrogens is 370 g/mol. The molecule has 142 valence electrons. The smallest absolute Gasteiger partial charge is 0.304 e. The summed E-state index contributed by atoms with van der Waals surface area (Å²) in [5.41, 5.74) is 1.80. The molecule has 3 rings (SSSR count). The lowest BCUT2D eigenvalue weighted by Gasteiger charge is -2.17. The van der Waals surface area contributed by atoms with Crippen LogP contribution >= 0.6 is 0 Å². The van der Waals surface area contributed by atoms with Gasteiger partial charge in [-0.3, -0.25) is 5.01 Å². The molecule has 3 aromatic rings. The molecule has 0 atom stereocenters. The van der Waals surface area contributed by atoms with Crippen LogP contribution in [0.2, 0.25) is 0 Å². The fourth-order valence-electron chi connectivity index (χ4n) is 2.48. The second-order valence-corrected chi connectivity index (χ2v) is 7.75. The molecule has 0 amide bonds. The molecular formula is C16H19N7O3S. The van der Waals surface area contributed by atoms with E-state index in [1.54, 1.807) is 23.7 Å². The summed E-state index contributed by atoms with van der Waals surface area (Å²) < 4.78 is 30.7. The van der Waals surface area contributed by atoms with Crippen molar-refractivity contribution >= 4 is 26.8 Å². The number of aromatic nitrogens is 3. The molecule has 1 aromatic carbocycles. The second kappa shape index (κ2) is 7.21. The highest BCUT2D eigenvalue weighted by molar-refractivity contribution is 7.90. The first-order chi connectivity index (χ1) is 12.8. The number of fused-ring (bicyclic) bond motifs is 1. The van der Waals surface area contributed by atoms with E-state index in [0.717, 1.165) is 6.26 Å². The second-order valence-electron chi connectivity index (χ2n) is 5.79. The Balaban J connectivity index is 1.98. The molecule has 10 nitrogen and oxygen atoms in total. The summed E-state index contributed by atoms with van der Waals surface area (Å²) in [6.45, 7) is -0.00117. The van der Waals surface area contributed by atoms with E-state index in [-0.39, 0.29) is 23.6 Å². The first kappa shape index (κ1) is 18.6. The summed E-state index contributed by atoms with van der Waals surface area (Å²) in [5, 5.41) is 4.92. The number of ether oxygens (including phenoxy) is 1. The third-order valence-electron chi connectivity index (χ3n) is 3.67. The van der Waals surface area contributed by atoms with Crippen LogP contribution in [0, 0.1) is 0 Å². The predicted molar refractivity (Wildman–Crippen MR) is 100 cm³/mol. The molecule has 11 heteroatoms. The summed E-state index contributed by atoms with van der Waals surface area (Å²) in [6.07, 6.45) is 1.10. The number of hydrazine groups is 1. The van der Waals surface area contributed by atoms with E-state index in [2.05, 4.69) is 15.1 Å². The zero-order valence-corrected chi connectivity index (χ0v) is 15.6. The fraction of sp³-hybridized carbons (Fsp3) is 0.188. The van der Waals surface area contributed by atoms with Crippen molar-refractivity contribution in [1.29, 1.82) is 0 Å². The molecule has 0 bridgehead atoms. The molecule has 0 aliphatic carbocycles. The van der Waals surface area contributed by atoms with Crippen LogP contribution in [-0.2, 0) is 16.4 Å². The molecule has 0 radical (unpaired) electrons. The number of benzene rings is 1. The van der Waals surface area contributed by atoms with Crippen molar-refractivity contribution in [2.45, 2.75) is 11.6 Å². The van der Waals surface area contributed by atoms with Gasteiger partial charge >= 0.3 is 6.01 Å². The monoisotopic (exact) mass is 389 g/mol. The molecule has 2 heterocycles. The highest BCUT2D eigenvalue weighted by Crippen LogP contribution is 2.22. The zero-order chi connectivity index (χ0) is 19.6. The van der Waals surface area contributed by atoms with Gasteiger partial charge in [-0.2, -0.15) is 4.98 Å². The Morgan fingerprint density at radius 1 is 1.22 bits per heavy atom. The Kier molecular flexibility index (Phi) is 4.97. The largest absolute Gasteiger partial charge is 0.458 e. The normalized spacial score (nSPS) is 12.3. The van der Waals surface area contributed by atoms with Gasteiger partial charge in [-0.25, -0.2) is 23.8 Å². The molecule has 27 heavy (non-hydrogen) atoms. The Morgan fingerprint density at radius 2 is 1.96 bits per heavy atom. The topological polar surface area (TPSA) is 142 Å². The fourth-order valence-corrected chi connectivity index (χ4v) is 3.09. The SMILES string of the molecule is CN(N)/C(=N\N)n1c(OCc2cccc(S(C)(=O)=O)n2)nc2ccccc21. The molecule has 0 aliphatic rings. The van der Waals surface area contributed by atoms with Gasteiger partial charge in [0.05, 0.1) is 16.7 Å². The molecule has 0 fully saturated rings. The van der Waals surface area contributed by atoms with Crippen LogP contribution in [0.3, 0.4) is 0 Å². The number of sulfone groups is 1. The predicted octanol–water partition coefficient (Wildman–Crippen LogP) is 0.297. The maximum atomic E-state index is 11.7. The van der Waals surface area contributed by atoms with E-state index in [9.17, 15) is 8.42 Å². The van der Waals surface area contributed by atoms with E-state index < -0.39 is 9.84 Å². The van der Waals surface area contributed by atoms with E-state index in [0.29, 0.717) is 16.7 Å². The van der Waals surface area contributed by atoms with Gasteiger partial charge in [0.15, 0.2) is 14.9 Å². The van der Waals surface area contributed by atoms with Gasteiger partial charge < -0.3 is 10.6 Å². The number of pyridine rings is 1. The van der Waals surface area contributed by atoms with Crippen LogP contribution in [0.25, 0.3) is 11.0 Å². The van der Waals surface area contributed by atoms with E-state index in [1.807, 2.05) is 24.3 Å². The molecule has 0 unspecified atom stereocenters. The highest BCUT2D eigenvalue weighted by atomic mass is 32.2. The lowest BCUT2D eigenvalue weighted by Crippen LogP contribution is -2.39. The standard InChI is InChI=1S/C16H19N7O3S/c1-22(18)15(21-17)23-13-8-4-3-7-12(13)20-16(23)26-10-11-6-5-9-14(19-11)27(2,24)25/h3-9H,10,17-18H2,1-2H3/b21-15+. The minimum Gasteiger partial charge on any atom is -0.458 e. The van der Waals surface area contributed by atoms with E-state index in [1.165, 1.54) is 11.1 Å². The van der Waals surface area contributed by atoms with Gasteiger partial charge in [-0.05, 0) is 24.3 Å². The molecule has 2 aromatic heterocycles. The Hall–Kier alpha value is -3.18. The van der Waals surface area contributed by atoms with Crippen molar-refractivity contribution in [3.63, 3.8) is 0 Å². The number of rotatable bonds is 4. The molecule has 0 saturated heterocycles. The third-order valence-corrected chi connectivity index (χ3v) is 4.66. The maximum Gasteiger partial charge on any atom is 0.304 e. The van der Waals surface area contributed by atoms with Crippen LogP contribution in [0.15, 0.2) is 52.6 Å². The highest BCUT2D eigenvalue weighted by Gasteiger charge is 2.19.